The van der Waals surface area contributed by atoms with Crippen molar-refractivity contribution in [3.63, 3.8) is 0 Å². The van der Waals surface area contributed by atoms with Gasteiger partial charge in [-0.2, -0.15) is 25.3 Å². The van der Waals surface area contributed by atoms with Gasteiger partial charge in [0.1, 0.15) is 6.61 Å². The number of carbonyl (C=O) groups excluding carboxylic acids is 1. The Labute approximate surface area is 134 Å². The lowest BCUT2D eigenvalue weighted by Crippen LogP contribution is -2.34. The van der Waals surface area contributed by atoms with Gasteiger partial charge in [-0.25, -0.2) is 0 Å². The fraction of sp³-hybridized carbons (Fsp3) is 0.933. The fourth-order valence-electron chi connectivity index (χ4n) is 1.81. The maximum atomic E-state index is 12.3. The van der Waals surface area contributed by atoms with E-state index in [1.54, 1.807) is 0 Å². The minimum absolute atomic E-state index is 0.0585. The Hall–Kier alpha value is 0.130. The van der Waals surface area contributed by atoms with Gasteiger partial charge in [-0.1, -0.05) is 27.7 Å². The van der Waals surface area contributed by atoms with Crippen LogP contribution in [0.3, 0.4) is 0 Å². The van der Waals surface area contributed by atoms with E-state index in [9.17, 15) is 4.79 Å². The minimum atomic E-state index is -0.546. The van der Waals surface area contributed by atoms with E-state index in [4.69, 9.17) is 9.84 Å². The molecule has 0 aromatic rings. The highest BCUT2D eigenvalue weighted by Crippen LogP contribution is 2.37. The molecule has 5 heteroatoms. The molecule has 0 saturated heterocycles. The van der Waals surface area contributed by atoms with Crippen molar-refractivity contribution in [1.82, 2.24) is 0 Å². The molecule has 0 aliphatic rings. The predicted molar refractivity (Wildman–Crippen MR) is 90.7 cm³/mol. The van der Waals surface area contributed by atoms with E-state index in [1.807, 2.05) is 34.6 Å². The monoisotopic (exact) mass is 322 g/mol. The molecule has 0 radical (unpaired) electrons. The summed E-state index contributed by atoms with van der Waals surface area (Å²) < 4.78 is 4.92. The zero-order chi connectivity index (χ0) is 16.0. The van der Waals surface area contributed by atoms with Crippen molar-refractivity contribution < 1.29 is 14.6 Å². The van der Waals surface area contributed by atoms with Gasteiger partial charge in [0.25, 0.3) is 0 Å². The van der Waals surface area contributed by atoms with Crippen LogP contribution in [-0.4, -0.2) is 33.8 Å². The van der Waals surface area contributed by atoms with Gasteiger partial charge in [0.05, 0.1) is 12.0 Å². The Morgan fingerprint density at radius 1 is 0.950 bits per heavy atom. The number of thiol groups is 2. The molecule has 20 heavy (non-hydrogen) atoms. The lowest BCUT2D eigenvalue weighted by Gasteiger charge is -2.32. The van der Waals surface area contributed by atoms with Crippen LogP contribution in [-0.2, 0) is 9.53 Å². The molecular weight excluding hydrogens is 292 g/mol. The van der Waals surface area contributed by atoms with Crippen LogP contribution < -0.4 is 0 Å². The summed E-state index contributed by atoms with van der Waals surface area (Å²) in [7, 11) is 0. The van der Waals surface area contributed by atoms with Crippen LogP contribution in [0.25, 0.3) is 0 Å². The maximum Gasteiger partial charge on any atom is 0.311 e. The molecule has 120 valence electrons. The summed E-state index contributed by atoms with van der Waals surface area (Å²) >= 11 is 9.05. The van der Waals surface area contributed by atoms with Gasteiger partial charge in [0.15, 0.2) is 0 Å². The van der Waals surface area contributed by atoms with Crippen molar-refractivity contribution in [3.8, 4) is 0 Å². The largest absolute Gasteiger partial charge is 0.463 e. The molecular formula is C15H30O3S2. The third-order valence-electron chi connectivity index (χ3n) is 3.39. The Morgan fingerprint density at radius 2 is 1.35 bits per heavy atom. The van der Waals surface area contributed by atoms with Crippen molar-refractivity contribution in [2.24, 2.45) is 5.41 Å². The highest BCUT2D eigenvalue weighted by atomic mass is 32.1. The van der Waals surface area contributed by atoms with Gasteiger partial charge in [-0.3, -0.25) is 4.79 Å². The highest BCUT2D eigenvalue weighted by Gasteiger charge is 2.36. The second-order valence-corrected chi connectivity index (χ2v) is 9.47. The average molecular weight is 323 g/mol. The van der Waals surface area contributed by atoms with Gasteiger partial charge in [-0.05, 0) is 32.6 Å². The standard InChI is InChI=1S/C15H30O3S2/c1-13(2,19)6-8-15(5,9-7-14(3,4)20)12(17)18-11-10-16/h16,19-20H,6-11H2,1-5H3. The van der Waals surface area contributed by atoms with E-state index in [0.717, 1.165) is 25.7 Å². The number of aliphatic hydroxyl groups excluding tert-OH is 1. The van der Waals surface area contributed by atoms with Gasteiger partial charge in [0, 0.05) is 9.49 Å². The minimum Gasteiger partial charge on any atom is -0.463 e. The van der Waals surface area contributed by atoms with Crippen LogP contribution in [0.4, 0.5) is 0 Å². The van der Waals surface area contributed by atoms with Crippen LogP contribution in [0, 0.1) is 5.41 Å². The number of hydrogen-bond acceptors (Lipinski definition) is 5. The van der Waals surface area contributed by atoms with Crippen LogP contribution in [0.2, 0.25) is 0 Å². The van der Waals surface area contributed by atoms with Crippen LogP contribution in [0.5, 0.6) is 0 Å². The summed E-state index contributed by atoms with van der Waals surface area (Å²) in [5.74, 6) is -0.235. The smallest absolute Gasteiger partial charge is 0.311 e. The van der Waals surface area contributed by atoms with E-state index in [2.05, 4.69) is 25.3 Å². The van der Waals surface area contributed by atoms with Crippen LogP contribution in [0.15, 0.2) is 0 Å². The van der Waals surface area contributed by atoms with Crippen LogP contribution >= 0.6 is 25.3 Å². The van der Waals surface area contributed by atoms with Gasteiger partial charge in [-0.15, -0.1) is 0 Å². The Morgan fingerprint density at radius 3 is 1.65 bits per heavy atom. The zero-order valence-corrected chi connectivity index (χ0v) is 15.2. The second kappa shape index (κ2) is 7.95. The van der Waals surface area contributed by atoms with Gasteiger partial charge >= 0.3 is 5.97 Å². The zero-order valence-electron chi connectivity index (χ0n) is 13.4. The van der Waals surface area contributed by atoms with Crippen molar-refractivity contribution >= 4 is 31.2 Å². The van der Waals surface area contributed by atoms with Crippen molar-refractivity contribution in [2.75, 3.05) is 13.2 Å². The first-order chi connectivity index (χ1) is 8.90. The number of carbonyl (C=O) groups is 1. The maximum absolute atomic E-state index is 12.3. The predicted octanol–water partition coefficient (Wildman–Crippen LogP) is 3.51. The topological polar surface area (TPSA) is 46.5 Å². The SMILES string of the molecule is CC(C)(S)CCC(C)(CCC(C)(C)S)C(=O)OCCO. The molecule has 0 aromatic heterocycles. The lowest BCUT2D eigenvalue weighted by atomic mass is 9.77. The molecule has 0 spiro atoms. The number of ether oxygens (including phenoxy) is 1. The van der Waals surface area contributed by atoms with Crippen molar-refractivity contribution in [2.45, 2.75) is 69.8 Å². The summed E-state index contributed by atoms with van der Waals surface area (Å²) in [6.45, 7) is 10.0. The second-order valence-electron chi connectivity index (χ2n) is 7.05. The molecule has 0 aliphatic carbocycles. The summed E-state index contributed by atoms with van der Waals surface area (Å²) in [6, 6.07) is 0. The molecule has 0 aromatic carbocycles. The fourth-order valence-corrected chi connectivity index (χ4v) is 2.03. The van der Waals surface area contributed by atoms with Crippen molar-refractivity contribution in [3.05, 3.63) is 0 Å². The molecule has 0 bridgehead atoms. The third-order valence-corrected chi connectivity index (χ3v) is 3.84. The Kier molecular flexibility index (Phi) is 8.00. The summed E-state index contributed by atoms with van der Waals surface area (Å²) in [5.41, 5.74) is -0.546. The molecule has 3 nitrogen and oxygen atoms in total. The van der Waals surface area contributed by atoms with E-state index in [0.29, 0.717) is 0 Å². The highest BCUT2D eigenvalue weighted by molar-refractivity contribution is 7.81. The van der Waals surface area contributed by atoms with E-state index in [1.165, 1.54) is 0 Å². The van der Waals surface area contributed by atoms with Gasteiger partial charge < -0.3 is 9.84 Å². The average Bonchev–Trinajstić information content (AvgIpc) is 2.29. The first-order valence-electron chi connectivity index (χ1n) is 7.12. The Bertz CT molecular complexity index is 285. The molecule has 1 N–H and O–H groups in total. The number of aliphatic hydroxyl groups is 1. The quantitative estimate of drug-likeness (QED) is 0.450. The number of esters is 1. The third kappa shape index (κ3) is 9.14. The van der Waals surface area contributed by atoms with Crippen LogP contribution in [0.1, 0.15) is 60.3 Å². The first kappa shape index (κ1) is 20.1. The normalized spacial score (nSPS) is 13.4. The Balaban J connectivity index is 4.78. The molecule has 0 aliphatic heterocycles. The molecule has 0 amide bonds. The summed E-state index contributed by atoms with van der Waals surface area (Å²) in [6.07, 6.45) is 3.09. The summed E-state index contributed by atoms with van der Waals surface area (Å²) in [4.78, 5) is 12.3. The molecule has 0 rings (SSSR count). The molecule has 0 unspecified atom stereocenters. The first-order valence-corrected chi connectivity index (χ1v) is 8.02. The lowest BCUT2D eigenvalue weighted by molar-refractivity contribution is -0.157. The van der Waals surface area contributed by atoms with Crippen molar-refractivity contribution in [1.29, 1.82) is 0 Å². The van der Waals surface area contributed by atoms with E-state index >= 15 is 0 Å². The molecule has 0 atom stereocenters. The number of rotatable bonds is 9. The molecule has 0 saturated carbocycles. The van der Waals surface area contributed by atoms with Gasteiger partial charge in [0.2, 0.25) is 0 Å². The number of hydrogen-bond donors (Lipinski definition) is 3. The van der Waals surface area contributed by atoms with E-state index < -0.39 is 5.41 Å². The van der Waals surface area contributed by atoms with E-state index in [-0.39, 0.29) is 28.7 Å². The summed E-state index contributed by atoms with van der Waals surface area (Å²) in [5, 5.41) is 8.80. The molecule has 0 heterocycles. The molecule has 0 fully saturated rings.